The van der Waals surface area contributed by atoms with Crippen molar-refractivity contribution in [3.05, 3.63) is 35.0 Å². The van der Waals surface area contributed by atoms with Crippen molar-refractivity contribution in [3.63, 3.8) is 0 Å². The van der Waals surface area contributed by atoms with E-state index in [4.69, 9.17) is 14.0 Å². The zero-order valence-corrected chi connectivity index (χ0v) is 18.1. The van der Waals surface area contributed by atoms with Gasteiger partial charge in [0.1, 0.15) is 12.3 Å². The second kappa shape index (κ2) is 10.4. The van der Waals surface area contributed by atoms with E-state index >= 15 is 0 Å². The Morgan fingerprint density at radius 2 is 1.86 bits per heavy atom. The average Bonchev–Trinajstić information content (AvgIpc) is 3.36. The van der Waals surface area contributed by atoms with Crippen molar-refractivity contribution in [2.75, 3.05) is 32.7 Å². The Morgan fingerprint density at radius 3 is 2.48 bits per heavy atom. The molecule has 8 heteroatoms. The van der Waals surface area contributed by atoms with Gasteiger partial charge in [-0.25, -0.2) is 4.99 Å². The third kappa shape index (κ3) is 5.82. The van der Waals surface area contributed by atoms with E-state index in [0.29, 0.717) is 12.5 Å². The Morgan fingerprint density at radius 1 is 1.10 bits per heavy atom. The molecule has 3 heterocycles. The Hall–Kier alpha value is -2.35. The molecule has 0 unspecified atom stereocenters. The van der Waals surface area contributed by atoms with Gasteiger partial charge in [0.2, 0.25) is 0 Å². The van der Waals surface area contributed by atoms with Crippen LogP contribution in [-0.2, 0) is 13.1 Å². The molecule has 0 amide bonds. The summed E-state index contributed by atoms with van der Waals surface area (Å²) in [6.45, 7) is 14.4. The maximum Gasteiger partial charge on any atom is 0.194 e. The molecule has 3 rings (SSSR count). The van der Waals surface area contributed by atoms with Crippen LogP contribution < -0.4 is 5.32 Å². The number of piperazine rings is 1. The molecular weight excluding hydrogens is 368 g/mol. The van der Waals surface area contributed by atoms with Crippen LogP contribution in [0.2, 0.25) is 0 Å². The molecule has 2 aromatic rings. The maximum absolute atomic E-state index is 5.52. The number of aromatic nitrogens is 2. The summed E-state index contributed by atoms with van der Waals surface area (Å²) >= 11 is 0. The topological polar surface area (TPSA) is 82.9 Å². The summed E-state index contributed by atoms with van der Waals surface area (Å²) in [7, 11) is 0. The van der Waals surface area contributed by atoms with Crippen molar-refractivity contribution < 1.29 is 9.05 Å². The van der Waals surface area contributed by atoms with Crippen LogP contribution in [0, 0.1) is 6.92 Å². The number of guanidine groups is 1. The first kappa shape index (κ1) is 21.4. The minimum Gasteiger partial charge on any atom is -0.361 e. The van der Waals surface area contributed by atoms with Crippen molar-refractivity contribution in [2.24, 2.45) is 4.99 Å². The fraction of sp³-hybridized carbons (Fsp3) is 0.667. The number of hydrogen-bond donors (Lipinski definition) is 1. The normalized spacial score (nSPS) is 16.0. The SMILES string of the molecule is CCNC(=NCc1cc(C(CC)CC)no1)N1CCN(Cc2cc(C)on2)CC1. The van der Waals surface area contributed by atoms with Crippen LogP contribution in [0.3, 0.4) is 0 Å². The summed E-state index contributed by atoms with van der Waals surface area (Å²) in [5.41, 5.74) is 2.04. The fourth-order valence-corrected chi connectivity index (χ4v) is 3.72. The Labute approximate surface area is 173 Å². The Bertz CT molecular complexity index is 772. The molecule has 1 saturated heterocycles. The summed E-state index contributed by atoms with van der Waals surface area (Å²) in [6.07, 6.45) is 2.15. The first-order valence-corrected chi connectivity index (χ1v) is 10.8. The Kier molecular flexibility index (Phi) is 7.69. The second-order valence-corrected chi connectivity index (χ2v) is 7.59. The van der Waals surface area contributed by atoms with E-state index in [-0.39, 0.29) is 0 Å². The number of hydrogen-bond acceptors (Lipinski definition) is 6. The molecule has 29 heavy (non-hydrogen) atoms. The molecule has 160 valence electrons. The zero-order chi connectivity index (χ0) is 20.6. The number of aryl methyl sites for hydroxylation is 1. The van der Waals surface area contributed by atoms with E-state index in [1.807, 2.05) is 13.0 Å². The molecule has 1 aliphatic rings. The van der Waals surface area contributed by atoms with Crippen molar-refractivity contribution in [1.29, 1.82) is 0 Å². The fourth-order valence-electron chi connectivity index (χ4n) is 3.72. The van der Waals surface area contributed by atoms with Crippen LogP contribution >= 0.6 is 0 Å². The highest BCUT2D eigenvalue weighted by atomic mass is 16.5. The van der Waals surface area contributed by atoms with E-state index in [0.717, 1.165) is 81.0 Å². The van der Waals surface area contributed by atoms with Gasteiger partial charge in [0.25, 0.3) is 0 Å². The highest BCUT2D eigenvalue weighted by Gasteiger charge is 2.21. The van der Waals surface area contributed by atoms with E-state index < -0.39 is 0 Å². The lowest BCUT2D eigenvalue weighted by Crippen LogP contribution is -2.52. The van der Waals surface area contributed by atoms with Crippen LogP contribution in [0.25, 0.3) is 0 Å². The van der Waals surface area contributed by atoms with Crippen LogP contribution in [0.1, 0.15) is 62.4 Å². The lowest BCUT2D eigenvalue weighted by atomic mass is 9.99. The first-order chi connectivity index (χ1) is 14.1. The summed E-state index contributed by atoms with van der Waals surface area (Å²) in [5, 5.41) is 11.8. The van der Waals surface area contributed by atoms with Crippen molar-refractivity contribution in [3.8, 4) is 0 Å². The van der Waals surface area contributed by atoms with Gasteiger partial charge in [0, 0.05) is 57.3 Å². The highest BCUT2D eigenvalue weighted by Crippen LogP contribution is 2.22. The largest absolute Gasteiger partial charge is 0.361 e. The third-order valence-corrected chi connectivity index (χ3v) is 5.43. The average molecular weight is 403 g/mol. The predicted molar refractivity (Wildman–Crippen MR) is 113 cm³/mol. The van der Waals surface area contributed by atoms with E-state index in [9.17, 15) is 0 Å². The van der Waals surface area contributed by atoms with Gasteiger partial charge in [-0.15, -0.1) is 0 Å². The smallest absolute Gasteiger partial charge is 0.194 e. The summed E-state index contributed by atoms with van der Waals surface area (Å²) in [6, 6.07) is 4.06. The molecule has 2 aromatic heterocycles. The summed E-state index contributed by atoms with van der Waals surface area (Å²) < 4.78 is 10.7. The van der Waals surface area contributed by atoms with Crippen molar-refractivity contribution >= 4 is 5.96 Å². The van der Waals surface area contributed by atoms with Gasteiger partial charge in [0.15, 0.2) is 11.7 Å². The van der Waals surface area contributed by atoms with Crippen LogP contribution in [-0.4, -0.2) is 58.8 Å². The molecule has 1 fully saturated rings. The van der Waals surface area contributed by atoms with Crippen LogP contribution in [0.5, 0.6) is 0 Å². The molecule has 1 aliphatic heterocycles. The lowest BCUT2D eigenvalue weighted by molar-refractivity contribution is 0.169. The first-order valence-electron chi connectivity index (χ1n) is 10.8. The van der Waals surface area contributed by atoms with Crippen molar-refractivity contribution in [1.82, 2.24) is 25.4 Å². The molecule has 0 aliphatic carbocycles. The number of nitrogens with one attached hydrogen (secondary N) is 1. The van der Waals surface area contributed by atoms with Gasteiger partial charge in [0.05, 0.1) is 11.4 Å². The minimum absolute atomic E-state index is 0.464. The van der Waals surface area contributed by atoms with E-state index in [1.165, 1.54) is 0 Å². The summed E-state index contributed by atoms with van der Waals surface area (Å²) in [4.78, 5) is 9.51. The molecular formula is C21H34N6O2. The second-order valence-electron chi connectivity index (χ2n) is 7.59. The number of nitrogens with zero attached hydrogens (tertiary/aromatic N) is 5. The number of aliphatic imine (C=N–C) groups is 1. The molecule has 0 atom stereocenters. The molecule has 0 saturated carbocycles. The molecule has 0 aromatic carbocycles. The van der Waals surface area contributed by atoms with Gasteiger partial charge < -0.3 is 19.3 Å². The maximum atomic E-state index is 5.52. The molecule has 0 spiro atoms. The standard InChI is InChI=1S/C21H34N6O2/c1-5-17(6-2)20-13-19(29-25-20)14-23-21(22-7-3)27-10-8-26(9-11-27)15-18-12-16(4)28-24-18/h12-13,17H,5-11,14-15H2,1-4H3,(H,22,23). The van der Waals surface area contributed by atoms with E-state index in [2.05, 4.69) is 52.3 Å². The monoisotopic (exact) mass is 402 g/mol. The van der Waals surface area contributed by atoms with Crippen LogP contribution in [0.4, 0.5) is 0 Å². The van der Waals surface area contributed by atoms with Gasteiger partial charge in [-0.3, -0.25) is 4.90 Å². The highest BCUT2D eigenvalue weighted by molar-refractivity contribution is 5.80. The summed E-state index contributed by atoms with van der Waals surface area (Å²) in [5.74, 6) is 3.08. The van der Waals surface area contributed by atoms with Gasteiger partial charge in [-0.2, -0.15) is 0 Å². The number of rotatable bonds is 8. The van der Waals surface area contributed by atoms with Gasteiger partial charge in [-0.05, 0) is 26.7 Å². The lowest BCUT2D eigenvalue weighted by Gasteiger charge is -2.36. The molecule has 0 radical (unpaired) electrons. The van der Waals surface area contributed by atoms with Crippen molar-refractivity contribution in [2.45, 2.75) is 59.5 Å². The quantitative estimate of drug-likeness (QED) is 0.536. The van der Waals surface area contributed by atoms with Gasteiger partial charge in [-0.1, -0.05) is 24.2 Å². The van der Waals surface area contributed by atoms with Gasteiger partial charge >= 0.3 is 0 Å². The Balaban J connectivity index is 1.55. The molecule has 8 nitrogen and oxygen atoms in total. The van der Waals surface area contributed by atoms with E-state index in [1.54, 1.807) is 0 Å². The third-order valence-electron chi connectivity index (χ3n) is 5.43. The van der Waals surface area contributed by atoms with Crippen LogP contribution in [0.15, 0.2) is 26.2 Å². The predicted octanol–water partition coefficient (Wildman–Crippen LogP) is 3.16. The minimum atomic E-state index is 0.464. The zero-order valence-electron chi connectivity index (χ0n) is 18.1. The molecule has 1 N–H and O–H groups in total. The molecule has 0 bridgehead atoms.